The summed E-state index contributed by atoms with van der Waals surface area (Å²) in [5.41, 5.74) is 5.53. The van der Waals surface area contributed by atoms with E-state index in [1.807, 2.05) is 0 Å². The molecule has 1 saturated heterocycles. The number of amides is 1. The highest BCUT2D eigenvalue weighted by Gasteiger charge is 2.39. The summed E-state index contributed by atoms with van der Waals surface area (Å²) in [6.07, 6.45) is 4.93. The van der Waals surface area contributed by atoms with E-state index in [2.05, 4.69) is 16.2 Å². The molecule has 3 N–H and O–H groups in total. The molecule has 0 aromatic heterocycles. The molecule has 3 atom stereocenters. The third-order valence-electron chi connectivity index (χ3n) is 6.05. The summed E-state index contributed by atoms with van der Waals surface area (Å²) in [5.74, 6) is 1.02. The molecule has 2 aliphatic carbocycles. The molecule has 10 heteroatoms. The molecule has 8 nitrogen and oxygen atoms in total. The lowest BCUT2D eigenvalue weighted by Gasteiger charge is -2.26. The van der Waals surface area contributed by atoms with E-state index in [1.54, 1.807) is 12.1 Å². The Bertz CT molecular complexity index is 886. The number of carbonyl (C=O) groups is 1. The number of carbonyl (C=O) groups excluding carboxylic acids is 1. The van der Waals surface area contributed by atoms with Crippen molar-refractivity contribution < 1.29 is 17.9 Å². The molecule has 3 aliphatic rings. The number of hydrogen-bond acceptors (Lipinski definition) is 5. The quantitative estimate of drug-likeness (QED) is 0.476. The van der Waals surface area contributed by atoms with Gasteiger partial charge in [0.1, 0.15) is 0 Å². The van der Waals surface area contributed by atoms with Crippen LogP contribution in [0.25, 0.3) is 0 Å². The lowest BCUT2D eigenvalue weighted by molar-refractivity contribution is 0.0730. The van der Waals surface area contributed by atoms with Crippen LogP contribution < -0.4 is 16.2 Å². The van der Waals surface area contributed by atoms with Gasteiger partial charge in [0.05, 0.1) is 18.1 Å². The van der Waals surface area contributed by atoms with Crippen molar-refractivity contribution in [1.29, 1.82) is 0 Å². The first-order chi connectivity index (χ1) is 13.9. The van der Waals surface area contributed by atoms with Crippen LogP contribution in [0.15, 0.2) is 29.2 Å². The fourth-order valence-corrected chi connectivity index (χ4v) is 6.20. The van der Waals surface area contributed by atoms with Gasteiger partial charge in [-0.25, -0.2) is 8.42 Å². The van der Waals surface area contributed by atoms with E-state index < -0.39 is 15.9 Å². The van der Waals surface area contributed by atoms with Gasteiger partial charge in [0, 0.05) is 24.7 Å². The smallest absolute Gasteiger partial charge is 0.269 e. The Balaban J connectivity index is 1.34. The second-order valence-electron chi connectivity index (χ2n) is 7.88. The Morgan fingerprint density at radius 2 is 1.93 bits per heavy atom. The largest absolute Gasteiger partial charge is 0.379 e. The second-order valence-corrected chi connectivity index (χ2v) is 10.2. The second kappa shape index (κ2) is 8.55. The molecule has 4 rings (SSSR count). The van der Waals surface area contributed by atoms with Crippen molar-refractivity contribution in [2.45, 2.75) is 36.6 Å². The van der Waals surface area contributed by atoms with E-state index in [1.165, 1.54) is 35.7 Å². The maximum Gasteiger partial charge on any atom is 0.269 e. The molecule has 2 saturated carbocycles. The number of thiocarbonyl (C=S) groups is 1. The molecule has 1 aromatic carbocycles. The van der Waals surface area contributed by atoms with Gasteiger partial charge in [0.25, 0.3) is 5.91 Å². The van der Waals surface area contributed by atoms with Gasteiger partial charge in [0.2, 0.25) is 10.0 Å². The minimum absolute atomic E-state index is 0.0923. The molecule has 158 valence electrons. The maximum absolute atomic E-state index is 12.8. The molecule has 0 spiro atoms. The molecular formula is C19H26N4O4S2. The van der Waals surface area contributed by atoms with Crippen LogP contribution >= 0.6 is 12.2 Å². The summed E-state index contributed by atoms with van der Waals surface area (Å²) in [6.45, 7) is 1.36. The summed E-state index contributed by atoms with van der Waals surface area (Å²) in [4.78, 5) is 12.6. The van der Waals surface area contributed by atoms with Crippen molar-refractivity contribution in [3.8, 4) is 0 Å². The highest BCUT2D eigenvalue weighted by molar-refractivity contribution is 7.89. The molecule has 3 fully saturated rings. The lowest BCUT2D eigenvalue weighted by Crippen LogP contribution is -2.50. The predicted molar refractivity (Wildman–Crippen MR) is 112 cm³/mol. The number of ether oxygens (including phenoxy) is 1. The van der Waals surface area contributed by atoms with Crippen LogP contribution in [-0.2, 0) is 14.8 Å². The third-order valence-corrected chi connectivity index (χ3v) is 8.16. The average molecular weight is 439 g/mol. The van der Waals surface area contributed by atoms with E-state index in [0.29, 0.717) is 43.4 Å². The first-order valence-corrected chi connectivity index (χ1v) is 11.8. The van der Waals surface area contributed by atoms with Gasteiger partial charge in [-0.3, -0.25) is 15.6 Å². The Kier molecular flexibility index (Phi) is 6.05. The first-order valence-electron chi connectivity index (χ1n) is 9.98. The van der Waals surface area contributed by atoms with Gasteiger partial charge in [-0.2, -0.15) is 4.31 Å². The first kappa shape index (κ1) is 20.5. The number of nitrogens with one attached hydrogen (secondary N) is 3. The molecular weight excluding hydrogens is 412 g/mol. The number of morpholine rings is 1. The van der Waals surface area contributed by atoms with Crippen LogP contribution in [0.1, 0.15) is 36.0 Å². The van der Waals surface area contributed by atoms with Gasteiger partial charge >= 0.3 is 0 Å². The topological polar surface area (TPSA) is 99.8 Å². The normalized spacial score (nSPS) is 26.8. The number of benzene rings is 1. The summed E-state index contributed by atoms with van der Waals surface area (Å²) in [5, 5.41) is 3.67. The van der Waals surface area contributed by atoms with E-state index in [0.717, 1.165) is 12.3 Å². The summed E-state index contributed by atoms with van der Waals surface area (Å²) < 4.78 is 32.1. The van der Waals surface area contributed by atoms with Gasteiger partial charge in [0.15, 0.2) is 5.11 Å². The monoisotopic (exact) mass is 438 g/mol. The molecule has 1 heterocycles. The molecule has 2 bridgehead atoms. The number of fused-ring (bicyclic) bond motifs is 2. The molecule has 29 heavy (non-hydrogen) atoms. The van der Waals surface area contributed by atoms with Crippen LogP contribution in [0, 0.1) is 11.8 Å². The fraction of sp³-hybridized carbons (Fsp3) is 0.579. The number of rotatable bonds is 4. The minimum atomic E-state index is -3.66. The summed E-state index contributed by atoms with van der Waals surface area (Å²) in [7, 11) is -3.66. The van der Waals surface area contributed by atoms with Gasteiger partial charge in [-0.05, 0) is 61.5 Å². The highest BCUT2D eigenvalue weighted by atomic mass is 32.2. The van der Waals surface area contributed by atoms with Gasteiger partial charge in [-0.1, -0.05) is 12.5 Å². The van der Waals surface area contributed by atoms with E-state index >= 15 is 0 Å². The van der Waals surface area contributed by atoms with Crippen molar-refractivity contribution in [1.82, 2.24) is 20.5 Å². The lowest BCUT2D eigenvalue weighted by atomic mass is 9.96. The van der Waals surface area contributed by atoms with Crippen molar-refractivity contribution >= 4 is 33.3 Å². The summed E-state index contributed by atoms with van der Waals surface area (Å²) >= 11 is 5.29. The third kappa shape index (κ3) is 4.55. The molecule has 0 radical (unpaired) electrons. The summed E-state index contributed by atoms with van der Waals surface area (Å²) in [6, 6.07) is 6.38. The van der Waals surface area contributed by atoms with E-state index in [9.17, 15) is 13.2 Å². The van der Waals surface area contributed by atoms with Crippen molar-refractivity contribution in [2.24, 2.45) is 11.8 Å². The highest BCUT2D eigenvalue weighted by Crippen LogP contribution is 2.44. The van der Waals surface area contributed by atoms with Crippen LogP contribution in [0.5, 0.6) is 0 Å². The van der Waals surface area contributed by atoms with Gasteiger partial charge < -0.3 is 10.1 Å². The fourth-order valence-electron chi connectivity index (χ4n) is 4.55. The molecule has 0 unspecified atom stereocenters. The van der Waals surface area contributed by atoms with Crippen molar-refractivity contribution in [3.05, 3.63) is 29.8 Å². The van der Waals surface area contributed by atoms with Crippen LogP contribution in [0.3, 0.4) is 0 Å². The Labute approximate surface area is 176 Å². The van der Waals surface area contributed by atoms with Crippen LogP contribution in [0.4, 0.5) is 0 Å². The predicted octanol–water partition coefficient (Wildman–Crippen LogP) is 1.00. The SMILES string of the molecule is O=C(NNC(=S)N[C@@H]1C[C@H]2CC[C@@H]1C2)c1cccc(S(=O)(=O)N2CCOCC2)c1. The zero-order chi connectivity index (χ0) is 20.4. The average Bonchev–Trinajstić information content (AvgIpc) is 3.36. The Morgan fingerprint density at radius 1 is 1.14 bits per heavy atom. The number of sulfonamides is 1. The van der Waals surface area contributed by atoms with Gasteiger partial charge in [-0.15, -0.1) is 0 Å². The number of hydrazine groups is 1. The maximum atomic E-state index is 12.8. The van der Waals surface area contributed by atoms with Crippen LogP contribution in [0.2, 0.25) is 0 Å². The van der Waals surface area contributed by atoms with Crippen molar-refractivity contribution in [2.75, 3.05) is 26.3 Å². The minimum Gasteiger partial charge on any atom is -0.379 e. The van der Waals surface area contributed by atoms with Crippen molar-refractivity contribution in [3.63, 3.8) is 0 Å². The number of hydrogen-bond donors (Lipinski definition) is 3. The number of nitrogens with zero attached hydrogens (tertiary/aromatic N) is 1. The molecule has 1 aromatic rings. The zero-order valence-corrected chi connectivity index (χ0v) is 17.7. The molecule has 1 aliphatic heterocycles. The van der Waals surface area contributed by atoms with E-state index in [4.69, 9.17) is 17.0 Å². The Morgan fingerprint density at radius 3 is 2.62 bits per heavy atom. The standard InChI is InChI=1S/C19H26N4O4S2/c24-18(21-22-19(28)20-17-11-13-4-5-14(17)10-13)15-2-1-3-16(12-15)29(25,26)23-6-8-27-9-7-23/h1-3,12-14,17H,4-11H2,(H,21,24)(H2,20,22,28)/t13-,14+,17+/m0/s1. The Hall–Kier alpha value is -1.75. The van der Waals surface area contributed by atoms with E-state index in [-0.39, 0.29) is 10.5 Å². The zero-order valence-electron chi connectivity index (χ0n) is 16.1. The van der Waals surface area contributed by atoms with Crippen LogP contribution in [-0.4, -0.2) is 56.1 Å². The molecule has 1 amide bonds.